The summed E-state index contributed by atoms with van der Waals surface area (Å²) in [4.78, 5) is 11.4. The van der Waals surface area contributed by atoms with E-state index in [1.165, 1.54) is 6.42 Å². The van der Waals surface area contributed by atoms with Crippen LogP contribution in [0.25, 0.3) is 0 Å². The van der Waals surface area contributed by atoms with Crippen molar-refractivity contribution in [1.29, 1.82) is 0 Å². The van der Waals surface area contributed by atoms with Crippen molar-refractivity contribution in [3.8, 4) is 0 Å². The number of carbonyl (C=O) groups is 1. The maximum absolute atomic E-state index is 11.8. The third-order valence-corrected chi connectivity index (χ3v) is 4.43. The van der Waals surface area contributed by atoms with Crippen LogP contribution in [0.15, 0.2) is 0 Å². The Morgan fingerprint density at radius 3 is 2.25 bits per heavy atom. The first-order valence-corrected chi connectivity index (χ1v) is 5.28. The summed E-state index contributed by atoms with van der Waals surface area (Å²) in [5, 5.41) is 0. The summed E-state index contributed by atoms with van der Waals surface area (Å²) in [5.74, 6) is 2.26. The van der Waals surface area contributed by atoms with Crippen LogP contribution in [-0.2, 0) is 4.79 Å². The molecule has 0 amide bonds. The summed E-state index contributed by atoms with van der Waals surface area (Å²) in [6, 6.07) is 0. The number of alkyl halides is 1. The molecule has 66 valence electrons. The van der Waals surface area contributed by atoms with Crippen LogP contribution in [0.1, 0.15) is 32.1 Å². The van der Waals surface area contributed by atoms with Crippen LogP contribution in [0.3, 0.4) is 0 Å². The molecule has 0 saturated heterocycles. The lowest BCUT2D eigenvalue weighted by Crippen LogP contribution is -2.54. The summed E-state index contributed by atoms with van der Waals surface area (Å²) in [6.45, 7) is 0. The second-order valence-electron chi connectivity index (χ2n) is 4.87. The Hall–Kier alpha value is -0.0400. The number of carbonyl (C=O) groups excluding carboxylic acids is 1. The van der Waals surface area contributed by atoms with Gasteiger partial charge in [-0.2, -0.15) is 0 Å². The van der Waals surface area contributed by atoms with Crippen LogP contribution in [0.5, 0.6) is 0 Å². The standard InChI is InChI=1S/C10H13ClO/c11-10-4-6-1-7(5-10)3-8(2-6)9(10)12/h6-8H,1-5H2/t6-,7+,8?,10?. The third-order valence-electron chi connectivity index (χ3n) is 3.94. The highest BCUT2D eigenvalue weighted by molar-refractivity contribution is 6.36. The summed E-state index contributed by atoms with van der Waals surface area (Å²) >= 11 is 6.33. The van der Waals surface area contributed by atoms with Gasteiger partial charge in [-0.25, -0.2) is 0 Å². The largest absolute Gasteiger partial charge is 0.297 e. The molecular formula is C10H13ClO. The molecule has 4 saturated carbocycles. The molecule has 0 N–H and O–H groups in total. The fourth-order valence-electron chi connectivity index (χ4n) is 3.68. The number of hydrogen-bond acceptors (Lipinski definition) is 1. The van der Waals surface area contributed by atoms with Gasteiger partial charge >= 0.3 is 0 Å². The molecule has 4 rings (SSSR count). The van der Waals surface area contributed by atoms with Gasteiger partial charge in [0.15, 0.2) is 5.78 Å². The van der Waals surface area contributed by atoms with Crippen LogP contribution in [0.4, 0.5) is 0 Å². The SMILES string of the molecule is O=C1C2C[C@@H]3C[C@H](C2)CC1(Cl)C3. The van der Waals surface area contributed by atoms with E-state index in [4.69, 9.17) is 11.6 Å². The van der Waals surface area contributed by atoms with E-state index in [1.54, 1.807) is 0 Å². The Labute approximate surface area is 77.5 Å². The fraction of sp³-hybridized carbons (Fsp3) is 0.900. The average Bonchev–Trinajstić information content (AvgIpc) is 1.98. The smallest absolute Gasteiger partial charge is 0.156 e. The van der Waals surface area contributed by atoms with Gasteiger partial charge in [0.05, 0.1) is 0 Å². The first kappa shape index (κ1) is 7.37. The van der Waals surface area contributed by atoms with E-state index in [0.29, 0.717) is 11.7 Å². The van der Waals surface area contributed by atoms with Crippen molar-refractivity contribution >= 4 is 17.4 Å². The fourth-order valence-corrected chi connectivity index (χ4v) is 4.27. The van der Waals surface area contributed by atoms with Crippen molar-refractivity contribution in [1.82, 2.24) is 0 Å². The highest BCUT2D eigenvalue weighted by Crippen LogP contribution is 2.56. The van der Waals surface area contributed by atoms with Crippen LogP contribution < -0.4 is 0 Å². The molecule has 2 heteroatoms. The van der Waals surface area contributed by atoms with E-state index >= 15 is 0 Å². The van der Waals surface area contributed by atoms with Crippen molar-refractivity contribution < 1.29 is 4.79 Å². The van der Waals surface area contributed by atoms with Gasteiger partial charge in [-0.1, -0.05) is 0 Å². The van der Waals surface area contributed by atoms with Crippen LogP contribution in [-0.4, -0.2) is 10.7 Å². The first-order chi connectivity index (χ1) is 5.67. The van der Waals surface area contributed by atoms with Gasteiger partial charge < -0.3 is 0 Å². The first-order valence-electron chi connectivity index (χ1n) is 4.90. The summed E-state index contributed by atoms with van der Waals surface area (Å²) in [7, 11) is 0. The average molecular weight is 185 g/mol. The molecule has 12 heavy (non-hydrogen) atoms. The van der Waals surface area contributed by atoms with Crippen molar-refractivity contribution in [3.05, 3.63) is 0 Å². The predicted molar refractivity (Wildman–Crippen MR) is 47.1 cm³/mol. The zero-order valence-electron chi connectivity index (χ0n) is 7.05. The van der Waals surface area contributed by atoms with E-state index in [0.717, 1.165) is 37.5 Å². The number of hydrogen-bond donors (Lipinski definition) is 0. The molecule has 2 unspecified atom stereocenters. The number of halogens is 1. The van der Waals surface area contributed by atoms with Crippen LogP contribution >= 0.6 is 11.6 Å². The van der Waals surface area contributed by atoms with Gasteiger partial charge in [0.2, 0.25) is 0 Å². The Morgan fingerprint density at radius 1 is 1.17 bits per heavy atom. The van der Waals surface area contributed by atoms with E-state index in [1.807, 2.05) is 0 Å². The van der Waals surface area contributed by atoms with Gasteiger partial charge in [0, 0.05) is 5.92 Å². The summed E-state index contributed by atoms with van der Waals surface area (Å²) in [6.07, 6.45) is 5.58. The molecule has 4 aliphatic carbocycles. The summed E-state index contributed by atoms with van der Waals surface area (Å²) in [5.41, 5.74) is 0. The van der Waals surface area contributed by atoms with Gasteiger partial charge in [0.1, 0.15) is 4.87 Å². The van der Waals surface area contributed by atoms with Crippen LogP contribution in [0.2, 0.25) is 0 Å². The van der Waals surface area contributed by atoms with Gasteiger partial charge in [-0.05, 0) is 43.9 Å². The molecule has 0 aliphatic heterocycles. The highest BCUT2D eigenvalue weighted by atomic mass is 35.5. The highest BCUT2D eigenvalue weighted by Gasteiger charge is 2.55. The number of Topliss-reactive ketones (excluding diaryl/α,β-unsaturated/α-hetero) is 1. The zero-order chi connectivity index (χ0) is 8.34. The van der Waals surface area contributed by atoms with Gasteiger partial charge in [-0.3, -0.25) is 4.79 Å². The normalized spacial score (nSPS) is 56.4. The Balaban J connectivity index is 2.02. The van der Waals surface area contributed by atoms with Crippen molar-refractivity contribution in [3.63, 3.8) is 0 Å². The lowest BCUT2D eigenvalue weighted by Gasteiger charge is -2.52. The van der Waals surface area contributed by atoms with Gasteiger partial charge in [-0.15, -0.1) is 11.6 Å². The third kappa shape index (κ3) is 0.783. The van der Waals surface area contributed by atoms with Crippen molar-refractivity contribution in [2.24, 2.45) is 17.8 Å². The maximum Gasteiger partial charge on any atom is 0.156 e. The predicted octanol–water partition coefficient (Wildman–Crippen LogP) is 2.37. The molecule has 4 atom stereocenters. The second-order valence-corrected chi connectivity index (χ2v) is 5.60. The molecule has 1 nitrogen and oxygen atoms in total. The molecule has 4 bridgehead atoms. The second kappa shape index (κ2) is 2.06. The Kier molecular flexibility index (Phi) is 1.27. The summed E-state index contributed by atoms with van der Waals surface area (Å²) < 4.78 is 0. The minimum absolute atomic E-state index is 0.341. The lowest BCUT2D eigenvalue weighted by atomic mass is 9.55. The molecule has 0 aromatic heterocycles. The Morgan fingerprint density at radius 2 is 1.75 bits per heavy atom. The van der Waals surface area contributed by atoms with Crippen molar-refractivity contribution in [2.75, 3.05) is 0 Å². The van der Waals surface area contributed by atoms with Gasteiger partial charge in [0.25, 0.3) is 0 Å². The van der Waals surface area contributed by atoms with Crippen LogP contribution in [0, 0.1) is 17.8 Å². The Bertz CT molecular complexity index is 234. The molecule has 4 fully saturated rings. The number of ketones is 1. The monoisotopic (exact) mass is 184 g/mol. The van der Waals surface area contributed by atoms with E-state index < -0.39 is 4.87 Å². The molecule has 0 heterocycles. The van der Waals surface area contributed by atoms with E-state index in [2.05, 4.69) is 0 Å². The molecule has 0 aromatic carbocycles. The molecule has 4 aliphatic rings. The number of rotatable bonds is 0. The lowest BCUT2D eigenvalue weighted by molar-refractivity contribution is -0.137. The zero-order valence-corrected chi connectivity index (χ0v) is 7.81. The molecule has 0 radical (unpaired) electrons. The molecule has 0 aromatic rings. The minimum atomic E-state index is -0.408. The quantitative estimate of drug-likeness (QED) is 0.529. The van der Waals surface area contributed by atoms with E-state index in [-0.39, 0.29) is 0 Å². The molecular weight excluding hydrogens is 172 g/mol. The van der Waals surface area contributed by atoms with E-state index in [9.17, 15) is 4.79 Å². The van der Waals surface area contributed by atoms with Crippen molar-refractivity contribution in [2.45, 2.75) is 37.0 Å². The topological polar surface area (TPSA) is 17.1 Å². The maximum atomic E-state index is 11.8. The molecule has 0 spiro atoms. The minimum Gasteiger partial charge on any atom is -0.297 e.